The summed E-state index contributed by atoms with van der Waals surface area (Å²) in [6.45, 7) is -1.07. The fourth-order valence-electron chi connectivity index (χ4n) is 8.87. The molecule has 0 amide bonds. The fraction of sp³-hybridized carbons (Fsp3) is 1.00. The van der Waals surface area contributed by atoms with E-state index in [1.165, 1.54) is 14.2 Å². The predicted molar refractivity (Wildman–Crippen MR) is 241 cm³/mol. The molecule has 4 fully saturated rings. The number of aliphatic hydroxyl groups excluding tert-OH is 12. The average Bonchev–Trinajstić information content (AvgIpc) is 3.25. The highest BCUT2D eigenvalue weighted by Crippen LogP contribution is 2.34. The van der Waals surface area contributed by atoms with Crippen LogP contribution in [0, 0.1) is 0 Å². The van der Waals surface area contributed by atoms with Gasteiger partial charge in [-0.3, -0.25) is 0 Å². The van der Waals surface area contributed by atoms with Gasteiger partial charge in [-0.05, 0) is 0 Å². The number of methoxy groups -OCH3 is 2. The van der Waals surface area contributed by atoms with Crippen molar-refractivity contribution in [3.63, 3.8) is 0 Å². The number of rotatable bonds is 27. The first kappa shape index (κ1) is 71.8. The van der Waals surface area contributed by atoms with Crippen LogP contribution in [0.5, 0.6) is 0 Å². The minimum Gasteiger partial charge on any atom is -1.00 e. The third kappa shape index (κ3) is 21.4. The Labute approximate surface area is 452 Å². The van der Waals surface area contributed by atoms with E-state index in [2.05, 4.69) is 0 Å². The molecule has 27 nitrogen and oxygen atoms in total. The molecule has 0 aliphatic carbocycles. The van der Waals surface area contributed by atoms with Crippen LogP contribution in [-0.2, 0) is 56.8 Å². The third-order valence-corrected chi connectivity index (χ3v) is 12.2. The predicted octanol–water partition coefficient (Wildman–Crippen LogP) is -17.2. The maximum absolute atomic E-state index is 11.8. The zero-order chi connectivity index (χ0) is 53.3. The Morgan fingerprint density at radius 1 is 0.365 bits per heavy atom. The molecular formula is C44H88Cl3N3O24. The highest BCUT2D eigenvalue weighted by molar-refractivity contribution is 4.97. The molecule has 0 radical (unpaired) electrons. The third-order valence-electron chi connectivity index (χ3n) is 12.2. The Kier molecular flexibility index (Phi) is 30.8. The van der Waals surface area contributed by atoms with Crippen LogP contribution in [0.3, 0.4) is 0 Å². The number of quaternary nitrogens is 3. The summed E-state index contributed by atoms with van der Waals surface area (Å²) in [7, 11) is 19.4. The molecule has 0 bridgehead atoms. The van der Waals surface area contributed by atoms with Gasteiger partial charge in [0, 0.05) is 14.2 Å². The molecule has 0 aromatic heterocycles. The van der Waals surface area contributed by atoms with Crippen LogP contribution in [0.1, 0.15) is 0 Å². The fourth-order valence-corrected chi connectivity index (χ4v) is 8.87. The molecule has 0 spiro atoms. The van der Waals surface area contributed by atoms with Gasteiger partial charge in [0.15, 0.2) is 25.2 Å². The summed E-state index contributed by atoms with van der Waals surface area (Å²) in [6.07, 6.45) is -35.2. The lowest BCUT2D eigenvalue weighted by Gasteiger charge is -2.48. The van der Waals surface area contributed by atoms with Crippen LogP contribution >= 0.6 is 0 Å². The molecular weight excluding hydrogens is 1060 g/mol. The summed E-state index contributed by atoms with van der Waals surface area (Å²) in [6, 6.07) is 0. The summed E-state index contributed by atoms with van der Waals surface area (Å²) in [5.74, 6) is 0. The Morgan fingerprint density at radius 2 is 0.676 bits per heavy atom. The summed E-state index contributed by atoms with van der Waals surface area (Å²) in [5.41, 5.74) is 0. The van der Waals surface area contributed by atoms with Gasteiger partial charge in [-0.1, -0.05) is 0 Å². The zero-order valence-corrected chi connectivity index (χ0v) is 46.4. The van der Waals surface area contributed by atoms with Crippen LogP contribution < -0.4 is 37.2 Å². The number of hydrogen-bond acceptors (Lipinski definition) is 24. The lowest BCUT2D eigenvalue weighted by Crippen LogP contribution is -3.00. The number of halogens is 3. The summed E-state index contributed by atoms with van der Waals surface area (Å²) < 4.78 is 71.0. The van der Waals surface area contributed by atoms with Crippen LogP contribution in [0.15, 0.2) is 0 Å². The van der Waals surface area contributed by atoms with Gasteiger partial charge in [-0.2, -0.15) is 0 Å². The molecule has 4 rings (SSSR count). The van der Waals surface area contributed by atoms with Gasteiger partial charge in [-0.25, -0.2) is 0 Å². The van der Waals surface area contributed by atoms with Crippen molar-refractivity contribution < 1.29 is 169 Å². The first-order chi connectivity index (χ1) is 32.9. The normalized spacial score (nSPS) is 38.5. The molecule has 4 aliphatic rings. The van der Waals surface area contributed by atoms with Crippen LogP contribution in [0.2, 0.25) is 0 Å². The van der Waals surface area contributed by atoms with Gasteiger partial charge < -0.3 is 169 Å². The average molecular weight is 1150 g/mol. The van der Waals surface area contributed by atoms with E-state index in [1.54, 1.807) is 0 Å². The molecule has 11 unspecified atom stereocenters. The molecule has 30 heteroatoms. The van der Waals surface area contributed by atoms with Gasteiger partial charge in [0.2, 0.25) is 0 Å². The highest BCUT2D eigenvalue weighted by atomic mass is 35.5. The molecule has 23 atom stereocenters. The standard InChI is InChI=1S/C44H88N3O24.3ClH/c1-45(2,3)12-22(48)15-62-18-25-29(51)30(52)34(56)42(66-25)65-21-28-40(32(54)35(57)41(61-11)67-28)71-44-37(59)33(55)39(27(69-44)20-64-17-24(50)14-47(7,8)9)70-43-36(58)31(53)38(60-10)26(68-43)19-63-16-23(49)13-46(4,5)6;;;/h22-44,48-59H,12-21H2,1-11H3;3*1H/q+3;;;/p-3/t22?,23?,24?,25-,26-,27?,28-,29-,30?,31?,32?,33-,34?,35?,36?,37?,38+,39+,40+,41-,42-,43+,44-;;;/m0.../s1. The molecule has 4 saturated heterocycles. The number of ether oxygens (including phenoxy) is 12. The molecule has 4 heterocycles. The maximum atomic E-state index is 11.8. The summed E-state index contributed by atoms with van der Waals surface area (Å²) >= 11 is 0. The molecule has 12 N–H and O–H groups in total. The van der Waals surface area contributed by atoms with Crippen molar-refractivity contribution in [2.45, 2.75) is 141 Å². The van der Waals surface area contributed by atoms with E-state index in [0.29, 0.717) is 26.5 Å². The topological polar surface area (TPSA) is 354 Å². The van der Waals surface area contributed by atoms with E-state index in [-0.39, 0.29) is 76.8 Å². The number of hydrogen-bond donors (Lipinski definition) is 12. The smallest absolute Gasteiger partial charge is 0.187 e. The van der Waals surface area contributed by atoms with E-state index >= 15 is 0 Å². The second kappa shape index (κ2) is 31.7. The minimum atomic E-state index is -2.02. The van der Waals surface area contributed by atoms with E-state index < -0.39 is 154 Å². The van der Waals surface area contributed by atoms with Crippen molar-refractivity contribution in [3.05, 3.63) is 0 Å². The van der Waals surface area contributed by atoms with E-state index in [1.807, 2.05) is 63.4 Å². The van der Waals surface area contributed by atoms with E-state index in [0.717, 1.165) is 0 Å². The van der Waals surface area contributed by atoms with Crippen LogP contribution in [-0.4, -0.2) is 359 Å². The van der Waals surface area contributed by atoms with Crippen molar-refractivity contribution in [3.8, 4) is 0 Å². The number of likely N-dealkylation sites (N-methyl/N-ethyl adjacent to an activating group) is 3. The molecule has 0 saturated carbocycles. The second-order valence-electron chi connectivity index (χ2n) is 22.1. The van der Waals surface area contributed by atoms with Gasteiger partial charge in [0.25, 0.3) is 0 Å². The molecule has 74 heavy (non-hydrogen) atoms. The van der Waals surface area contributed by atoms with E-state index in [4.69, 9.17) is 56.8 Å². The Balaban J connectivity index is 0.00000913. The van der Waals surface area contributed by atoms with Crippen molar-refractivity contribution in [1.82, 2.24) is 0 Å². The van der Waals surface area contributed by atoms with Gasteiger partial charge in [-0.15, -0.1) is 0 Å². The Morgan fingerprint density at radius 3 is 1.05 bits per heavy atom. The first-order valence-corrected chi connectivity index (χ1v) is 23.9. The van der Waals surface area contributed by atoms with Crippen LogP contribution in [0.4, 0.5) is 0 Å². The summed E-state index contributed by atoms with van der Waals surface area (Å²) in [5, 5.41) is 132. The van der Waals surface area contributed by atoms with Gasteiger partial charge in [0.1, 0.15) is 136 Å². The Hall–Kier alpha value is -0.210. The van der Waals surface area contributed by atoms with Crippen molar-refractivity contribution >= 4 is 0 Å². The molecule has 0 aromatic carbocycles. The van der Waals surface area contributed by atoms with Gasteiger partial charge in [0.05, 0.1) is 110 Å². The quantitative estimate of drug-likeness (QED) is 0.0340. The maximum Gasteiger partial charge on any atom is 0.187 e. The first-order valence-electron chi connectivity index (χ1n) is 23.9. The Bertz CT molecular complexity index is 1550. The highest BCUT2D eigenvalue weighted by Gasteiger charge is 2.55. The zero-order valence-electron chi connectivity index (χ0n) is 44.1. The summed E-state index contributed by atoms with van der Waals surface area (Å²) in [4.78, 5) is 0. The van der Waals surface area contributed by atoms with Gasteiger partial charge >= 0.3 is 0 Å². The van der Waals surface area contributed by atoms with E-state index in [9.17, 15) is 61.3 Å². The minimum absolute atomic E-state index is 0. The van der Waals surface area contributed by atoms with Crippen LogP contribution in [0.25, 0.3) is 0 Å². The van der Waals surface area contributed by atoms with Crippen molar-refractivity contribution in [2.75, 3.05) is 144 Å². The lowest BCUT2D eigenvalue weighted by molar-refractivity contribution is -0.873. The lowest BCUT2D eigenvalue weighted by atomic mass is 9.96. The van der Waals surface area contributed by atoms with Crippen molar-refractivity contribution in [1.29, 1.82) is 0 Å². The monoisotopic (exact) mass is 1150 g/mol. The second-order valence-corrected chi connectivity index (χ2v) is 22.1. The molecule has 4 aliphatic heterocycles. The largest absolute Gasteiger partial charge is 1.00 e. The molecule has 444 valence electrons. The number of nitrogens with zero attached hydrogens (tertiary/aromatic N) is 3. The van der Waals surface area contributed by atoms with Crippen molar-refractivity contribution in [2.24, 2.45) is 0 Å². The SMILES string of the molecule is CO[C@H]1O[C@@H](CO[C@H]2O[C@@H](COCC(O)C[N+](C)(C)C)[C@H](O)C(O)C2O)[C@@H](O[C@@H]2OC(COCC(O)C[N+](C)(C)C)[C@@H](O[C@H]3O[C@@H](COCC(O)C[N+](C)(C)C)[C@@H](OC)C(O)C3O)[C@@H](O)C2O)C(O)C1O.[Cl-].[Cl-].[Cl-]. The number of aliphatic hydroxyl groups is 12. The molecule has 0 aromatic rings.